The van der Waals surface area contributed by atoms with E-state index < -0.39 is 11.9 Å². The molecule has 0 saturated heterocycles. The number of hydrogen-bond acceptors (Lipinski definition) is 5. The Kier molecular flexibility index (Phi) is 7.75. The lowest BCUT2D eigenvalue weighted by atomic mass is 10.2. The highest BCUT2D eigenvalue weighted by Gasteiger charge is 2.11. The lowest BCUT2D eigenvalue weighted by Crippen LogP contribution is -2.17. The van der Waals surface area contributed by atoms with Crippen LogP contribution in [0.25, 0.3) is 0 Å². The van der Waals surface area contributed by atoms with Gasteiger partial charge in [-0.15, -0.1) is 0 Å². The van der Waals surface area contributed by atoms with Crippen molar-refractivity contribution in [2.75, 3.05) is 13.2 Å². The van der Waals surface area contributed by atoms with Gasteiger partial charge in [-0.1, -0.05) is 36.5 Å². The average Bonchev–Trinajstić information content (AvgIpc) is 2.61. The third-order valence-electron chi connectivity index (χ3n) is 3.29. The summed E-state index contributed by atoms with van der Waals surface area (Å²) in [4.78, 5) is 23.6. The highest BCUT2D eigenvalue weighted by Crippen LogP contribution is 2.27. The summed E-state index contributed by atoms with van der Waals surface area (Å²) in [6, 6.07) is 10.8. The van der Waals surface area contributed by atoms with Crippen molar-refractivity contribution in [1.82, 2.24) is 0 Å². The van der Waals surface area contributed by atoms with E-state index in [-0.39, 0.29) is 6.61 Å². The molecule has 0 fully saturated rings. The van der Waals surface area contributed by atoms with Crippen molar-refractivity contribution in [3.05, 3.63) is 58.1 Å². The molecule has 0 saturated carbocycles. The van der Waals surface area contributed by atoms with Gasteiger partial charge in [-0.2, -0.15) is 0 Å². The summed E-state index contributed by atoms with van der Waals surface area (Å²) in [5.41, 5.74) is 0.394. The van der Waals surface area contributed by atoms with Gasteiger partial charge in [0, 0.05) is 5.02 Å². The summed E-state index contributed by atoms with van der Waals surface area (Å²) in [7, 11) is 0. The highest BCUT2D eigenvalue weighted by atomic mass is 35.5. The Labute approximate surface area is 161 Å². The van der Waals surface area contributed by atoms with Crippen LogP contribution in [0.5, 0.6) is 11.5 Å². The molecule has 0 aliphatic carbocycles. The van der Waals surface area contributed by atoms with Crippen LogP contribution in [0.3, 0.4) is 0 Å². The van der Waals surface area contributed by atoms with Gasteiger partial charge in [-0.05, 0) is 48.9 Å². The zero-order valence-corrected chi connectivity index (χ0v) is 15.7. The van der Waals surface area contributed by atoms with Gasteiger partial charge < -0.3 is 14.2 Å². The van der Waals surface area contributed by atoms with Crippen molar-refractivity contribution in [1.29, 1.82) is 0 Å². The number of esters is 2. The Morgan fingerprint density at radius 1 is 1.04 bits per heavy atom. The fourth-order valence-corrected chi connectivity index (χ4v) is 2.40. The van der Waals surface area contributed by atoms with Gasteiger partial charge in [-0.3, -0.25) is 0 Å². The molecule has 26 heavy (non-hydrogen) atoms. The Morgan fingerprint density at radius 3 is 2.42 bits per heavy atom. The lowest BCUT2D eigenvalue weighted by molar-refractivity contribution is -0.136. The summed E-state index contributed by atoms with van der Waals surface area (Å²) < 4.78 is 15.6. The number of unbranched alkanes of at least 4 members (excludes halogenated alkanes) is 1. The van der Waals surface area contributed by atoms with E-state index in [4.69, 9.17) is 37.4 Å². The molecule has 2 aromatic carbocycles. The molecule has 0 aliphatic rings. The summed E-state index contributed by atoms with van der Waals surface area (Å²) in [6.45, 7) is 2.08. The minimum atomic E-state index is -0.603. The van der Waals surface area contributed by atoms with Crippen LogP contribution in [0.4, 0.5) is 0 Å². The smallest absolute Gasteiger partial charge is 0.349 e. The maximum Gasteiger partial charge on any atom is 0.349 e. The Morgan fingerprint density at radius 2 is 1.77 bits per heavy atom. The molecule has 0 aliphatic heterocycles. The first-order chi connectivity index (χ1) is 12.5. The largest absolute Gasteiger partial charge is 0.480 e. The highest BCUT2D eigenvalue weighted by molar-refractivity contribution is 6.35. The maximum atomic E-state index is 11.8. The number of carbonyl (C=O) groups excluding carboxylic acids is 2. The van der Waals surface area contributed by atoms with Crippen molar-refractivity contribution >= 4 is 35.1 Å². The molecule has 138 valence electrons. The first kappa shape index (κ1) is 20.1. The molecule has 0 unspecified atom stereocenters. The van der Waals surface area contributed by atoms with Gasteiger partial charge in [0.1, 0.15) is 11.5 Å². The second kappa shape index (κ2) is 10.0. The van der Waals surface area contributed by atoms with E-state index in [1.54, 1.807) is 12.1 Å². The predicted octanol–water partition coefficient (Wildman–Crippen LogP) is 4.93. The number of rotatable bonds is 8. The molecule has 0 bridgehead atoms. The van der Waals surface area contributed by atoms with Crippen molar-refractivity contribution in [3.63, 3.8) is 0 Å². The molecule has 0 N–H and O–H groups in total. The molecule has 0 radical (unpaired) electrons. The van der Waals surface area contributed by atoms with Crippen LogP contribution in [0.15, 0.2) is 42.5 Å². The second-order valence-corrected chi connectivity index (χ2v) is 6.19. The van der Waals surface area contributed by atoms with Gasteiger partial charge in [0.25, 0.3) is 0 Å². The van der Waals surface area contributed by atoms with Gasteiger partial charge >= 0.3 is 11.9 Å². The van der Waals surface area contributed by atoms with Crippen LogP contribution in [-0.4, -0.2) is 25.2 Å². The van der Waals surface area contributed by atoms with Crippen LogP contribution in [-0.2, 0) is 9.53 Å². The Bertz CT molecular complexity index is 759. The SMILES string of the molecule is CCCCOC(=O)c1ccc(OC(=O)COc2ccc(Cl)cc2Cl)cc1. The normalized spacial score (nSPS) is 10.3. The molecular weight excluding hydrogens is 379 g/mol. The number of carbonyl (C=O) groups is 2. The van der Waals surface area contributed by atoms with E-state index in [2.05, 4.69) is 0 Å². The lowest BCUT2D eigenvalue weighted by Gasteiger charge is -2.09. The van der Waals surface area contributed by atoms with Crippen LogP contribution in [0.2, 0.25) is 10.0 Å². The molecule has 0 heterocycles. The predicted molar refractivity (Wildman–Crippen MR) is 99.2 cm³/mol. The minimum absolute atomic E-state index is 0.297. The van der Waals surface area contributed by atoms with Gasteiger partial charge in [0.15, 0.2) is 6.61 Å². The van der Waals surface area contributed by atoms with Crippen LogP contribution in [0, 0.1) is 0 Å². The Hall–Kier alpha value is -2.24. The molecule has 0 amide bonds. The zero-order valence-electron chi connectivity index (χ0n) is 14.2. The number of halogens is 2. The molecule has 0 atom stereocenters. The zero-order chi connectivity index (χ0) is 18.9. The molecule has 5 nitrogen and oxygen atoms in total. The van der Waals surface area contributed by atoms with E-state index >= 15 is 0 Å². The van der Waals surface area contributed by atoms with E-state index in [0.717, 1.165) is 12.8 Å². The van der Waals surface area contributed by atoms with Crippen molar-refractivity contribution in [3.8, 4) is 11.5 Å². The summed E-state index contributed by atoms with van der Waals surface area (Å²) in [5.74, 6) is -0.379. The van der Waals surface area contributed by atoms with Crippen molar-refractivity contribution < 1.29 is 23.8 Å². The van der Waals surface area contributed by atoms with E-state index in [1.165, 1.54) is 30.3 Å². The number of hydrogen-bond donors (Lipinski definition) is 0. The number of ether oxygens (including phenoxy) is 3. The standard InChI is InChI=1S/C19H18Cl2O5/c1-2-3-10-24-19(23)13-4-7-15(8-5-13)26-18(22)12-25-17-9-6-14(20)11-16(17)21/h4-9,11H,2-3,10,12H2,1H3. The second-order valence-electron chi connectivity index (χ2n) is 5.35. The maximum absolute atomic E-state index is 11.8. The summed E-state index contributed by atoms with van der Waals surface area (Å²) >= 11 is 11.8. The fraction of sp³-hybridized carbons (Fsp3) is 0.263. The Balaban J connectivity index is 1.84. The first-order valence-corrected chi connectivity index (χ1v) is 8.81. The van der Waals surface area contributed by atoms with Crippen molar-refractivity contribution in [2.45, 2.75) is 19.8 Å². The minimum Gasteiger partial charge on any atom is -0.480 e. The number of benzene rings is 2. The third-order valence-corrected chi connectivity index (χ3v) is 3.82. The fourth-order valence-electron chi connectivity index (χ4n) is 1.94. The molecule has 0 aromatic heterocycles. The molecule has 7 heteroatoms. The first-order valence-electron chi connectivity index (χ1n) is 8.05. The quantitative estimate of drug-likeness (QED) is 0.359. The summed E-state index contributed by atoms with van der Waals surface area (Å²) in [6.07, 6.45) is 1.77. The summed E-state index contributed by atoms with van der Waals surface area (Å²) in [5, 5.41) is 0.773. The van der Waals surface area contributed by atoms with Crippen LogP contribution < -0.4 is 9.47 Å². The van der Waals surface area contributed by atoms with Crippen LogP contribution >= 0.6 is 23.2 Å². The molecule has 2 rings (SSSR count). The molecule has 0 spiro atoms. The van der Waals surface area contributed by atoms with Gasteiger partial charge in [0.05, 0.1) is 17.2 Å². The van der Waals surface area contributed by atoms with Crippen molar-refractivity contribution in [2.24, 2.45) is 0 Å². The van der Waals surface area contributed by atoms with Crippen LogP contribution in [0.1, 0.15) is 30.1 Å². The monoisotopic (exact) mass is 396 g/mol. The van der Waals surface area contributed by atoms with E-state index in [0.29, 0.717) is 33.7 Å². The van der Waals surface area contributed by atoms with E-state index in [1.807, 2.05) is 6.92 Å². The average molecular weight is 397 g/mol. The van der Waals surface area contributed by atoms with Gasteiger partial charge in [0.2, 0.25) is 0 Å². The molecule has 2 aromatic rings. The molecular formula is C19H18Cl2O5. The topological polar surface area (TPSA) is 61.8 Å². The third kappa shape index (κ3) is 6.24. The van der Waals surface area contributed by atoms with E-state index in [9.17, 15) is 9.59 Å². The van der Waals surface area contributed by atoms with Gasteiger partial charge in [-0.25, -0.2) is 9.59 Å².